The Morgan fingerprint density at radius 1 is 1.19 bits per heavy atom. The highest BCUT2D eigenvalue weighted by atomic mass is 35.5. The van der Waals surface area contributed by atoms with E-state index in [9.17, 15) is 9.59 Å². The molecule has 0 unspecified atom stereocenters. The van der Waals surface area contributed by atoms with Gasteiger partial charge in [0.2, 0.25) is 0 Å². The molecule has 1 aromatic heterocycles. The molecule has 0 bridgehead atoms. The van der Waals surface area contributed by atoms with Gasteiger partial charge >= 0.3 is 0 Å². The van der Waals surface area contributed by atoms with Crippen LogP contribution in [0.2, 0.25) is 10.0 Å². The molecule has 1 heterocycles. The van der Waals surface area contributed by atoms with E-state index >= 15 is 0 Å². The van der Waals surface area contributed by atoms with Crippen molar-refractivity contribution in [2.24, 2.45) is 0 Å². The lowest BCUT2D eigenvalue weighted by molar-refractivity contribution is -0.114. The highest BCUT2D eigenvalue weighted by Gasteiger charge is 2.13. The fourth-order valence-electron chi connectivity index (χ4n) is 2.58. The molecule has 26 heavy (non-hydrogen) atoms. The molecule has 0 N–H and O–H groups in total. The van der Waals surface area contributed by atoms with Gasteiger partial charge in [0.25, 0.3) is 5.56 Å². The molecule has 0 spiro atoms. The molecular formula is C19H16Cl2N2O2S. The molecule has 4 nitrogen and oxygen atoms in total. The summed E-state index contributed by atoms with van der Waals surface area (Å²) < 4.78 is 1.61. The summed E-state index contributed by atoms with van der Waals surface area (Å²) in [5.74, 6) is 0.302. The van der Waals surface area contributed by atoms with E-state index in [2.05, 4.69) is 4.98 Å². The van der Waals surface area contributed by atoms with E-state index in [0.717, 1.165) is 5.56 Å². The van der Waals surface area contributed by atoms with Gasteiger partial charge in [0, 0.05) is 16.6 Å². The summed E-state index contributed by atoms with van der Waals surface area (Å²) in [6.45, 7) is 1.93. The number of halogens is 2. The van der Waals surface area contributed by atoms with Crippen LogP contribution in [0.3, 0.4) is 0 Å². The molecule has 2 aromatic carbocycles. The zero-order valence-corrected chi connectivity index (χ0v) is 16.4. The molecule has 0 saturated carbocycles. The molecule has 0 aliphatic carbocycles. The monoisotopic (exact) mass is 406 g/mol. The fraction of sp³-hybridized carbons (Fsp3) is 0.211. The van der Waals surface area contributed by atoms with Crippen molar-refractivity contribution in [1.29, 1.82) is 0 Å². The number of hydrogen-bond donors (Lipinski definition) is 0. The SMILES string of the molecule is CC(=O)CSc1nc2ccccc2c(=O)n1CCc1ccc(Cl)cc1Cl. The number of thioether (sulfide) groups is 1. The van der Waals surface area contributed by atoms with E-state index in [4.69, 9.17) is 23.2 Å². The second-order valence-corrected chi connectivity index (χ2v) is 7.63. The number of nitrogens with zero attached hydrogens (tertiary/aromatic N) is 2. The third-order valence-electron chi connectivity index (χ3n) is 3.85. The summed E-state index contributed by atoms with van der Waals surface area (Å²) in [6.07, 6.45) is 0.559. The van der Waals surface area contributed by atoms with Crippen LogP contribution in [0.5, 0.6) is 0 Å². The molecule has 0 atom stereocenters. The Morgan fingerprint density at radius 2 is 1.96 bits per heavy atom. The fourth-order valence-corrected chi connectivity index (χ4v) is 3.91. The number of aromatic nitrogens is 2. The Bertz CT molecular complexity index is 1030. The molecule has 3 rings (SSSR count). The molecule has 0 saturated heterocycles. The lowest BCUT2D eigenvalue weighted by Crippen LogP contribution is -2.24. The van der Waals surface area contributed by atoms with E-state index in [1.165, 1.54) is 18.7 Å². The number of aryl methyl sites for hydroxylation is 1. The Kier molecular flexibility index (Phi) is 6.01. The third-order valence-corrected chi connectivity index (χ3v) is 5.56. The average Bonchev–Trinajstić information content (AvgIpc) is 2.60. The lowest BCUT2D eigenvalue weighted by atomic mass is 10.1. The van der Waals surface area contributed by atoms with Crippen LogP contribution in [-0.2, 0) is 17.8 Å². The van der Waals surface area contributed by atoms with Gasteiger partial charge in [-0.15, -0.1) is 0 Å². The number of Topliss-reactive ketones (excluding diaryl/α,β-unsaturated/α-hetero) is 1. The van der Waals surface area contributed by atoms with Crippen molar-refractivity contribution in [1.82, 2.24) is 9.55 Å². The molecular weight excluding hydrogens is 391 g/mol. The van der Waals surface area contributed by atoms with Gasteiger partial charge in [-0.25, -0.2) is 4.98 Å². The van der Waals surface area contributed by atoms with E-state index in [-0.39, 0.29) is 17.1 Å². The molecule has 0 fully saturated rings. The Balaban J connectivity index is 1.98. The van der Waals surface area contributed by atoms with Gasteiger partial charge in [-0.1, -0.05) is 53.2 Å². The first-order valence-electron chi connectivity index (χ1n) is 8.01. The predicted molar refractivity (Wildman–Crippen MR) is 108 cm³/mol. The summed E-state index contributed by atoms with van der Waals surface area (Å²) >= 11 is 13.4. The van der Waals surface area contributed by atoms with Gasteiger partial charge in [-0.2, -0.15) is 0 Å². The highest BCUT2D eigenvalue weighted by molar-refractivity contribution is 7.99. The standard InChI is InChI=1S/C19H16Cl2N2O2S/c1-12(24)11-26-19-22-17-5-3-2-4-15(17)18(25)23(19)9-8-13-6-7-14(20)10-16(13)21/h2-7,10H,8-9,11H2,1H3. The van der Waals surface area contributed by atoms with Crippen LogP contribution in [0.1, 0.15) is 12.5 Å². The van der Waals surface area contributed by atoms with Crippen molar-refractivity contribution < 1.29 is 4.79 Å². The summed E-state index contributed by atoms with van der Waals surface area (Å²) in [4.78, 5) is 28.9. The number of carbonyl (C=O) groups excluding carboxylic acids is 1. The molecule has 0 aliphatic heterocycles. The van der Waals surface area contributed by atoms with Crippen molar-refractivity contribution in [2.75, 3.05) is 5.75 Å². The number of para-hydroxylation sites is 1. The highest BCUT2D eigenvalue weighted by Crippen LogP contribution is 2.23. The van der Waals surface area contributed by atoms with E-state index < -0.39 is 0 Å². The van der Waals surface area contributed by atoms with Crippen LogP contribution >= 0.6 is 35.0 Å². The van der Waals surface area contributed by atoms with Crippen LogP contribution < -0.4 is 5.56 Å². The number of benzene rings is 2. The summed E-state index contributed by atoms with van der Waals surface area (Å²) in [6, 6.07) is 12.5. The molecule has 7 heteroatoms. The van der Waals surface area contributed by atoms with Crippen LogP contribution in [0.4, 0.5) is 0 Å². The maximum Gasteiger partial charge on any atom is 0.262 e. The first-order chi connectivity index (χ1) is 12.5. The van der Waals surface area contributed by atoms with Crippen LogP contribution in [0.25, 0.3) is 10.9 Å². The van der Waals surface area contributed by atoms with Crippen molar-refractivity contribution in [2.45, 2.75) is 25.0 Å². The minimum atomic E-state index is -0.119. The van der Waals surface area contributed by atoms with Gasteiger partial charge in [0.05, 0.1) is 16.7 Å². The third kappa shape index (κ3) is 4.29. The number of ketones is 1. The van der Waals surface area contributed by atoms with Crippen molar-refractivity contribution in [3.05, 3.63) is 68.4 Å². The van der Waals surface area contributed by atoms with Crippen molar-refractivity contribution >= 4 is 51.6 Å². The maximum atomic E-state index is 12.9. The number of rotatable bonds is 6. The van der Waals surface area contributed by atoms with Gasteiger partial charge in [-0.3, -0.25) is 14.2 Å². The maximum absolute atomic E-state index is 12.9. The van der Waals surface area contributed by atoms with Crippen molar-refractivity contribution in [3.63, 3.8) is 0 Å². The second-order valence-electron chi connectivity index (χ2n) is 5.84. The second kappa shape index (κ2) is 8.25. The largest absolute Gasteiger partial charge is 0.299 e. The zero-order chi connectivity index (χ0) is 18.7. The predicted octanol–water partition coefficient (Wildman–Crippen LogP) is 4.63. The van der Waals surface area contributed by atoms with E-state index in [0.29, 0.717) is 39.1 Å². The zero-order valence-electron chi connectivity index (χ0n) is 14.0. The van der Waals surface area contributed by atoms with E-state index in [1.807, 2.05) is 18.2 Å². The number of carbonyl (C=O) groups is 1. The quantitative estimate of drug-likeness (QED) is 0.442. The topological polar surface area (TPSA) is 52.0 Å². The summed E-state index contributed by atoms with van der Waals surface area (Å²) in [5, 5.41) is 2.23. The first-order valence-corrected chi connectivity index (χ1v) is 9.75. The lowest BCUT2D eigenvalue weighted by Gasteiger charge is -2.13. The van der Waals surface area contributed by atoms with Gasteiger partial charge in [-0.05, 0) is 43.2 Å². The Morgan fingerprint density at radius 3 is 2.69 bits per heavy atom. The summed E-state index contributed by atoms with van der Waals surface area (Å²) in [5.41, 5.74) is 1.41. The minimum Gasteiger partial charge on any atom is -0.299 e. The number of hydrogen-bond acceptors (Lipinski definition) is 4. The van der Waals surface area contributed by atoms with Gasteiger partial charge in [0.15, 0.2) is 5.16 Å². The minimum absolute atomic E-state index is 0.0321. The van der Waals surface area contributed by atoms with Gasteiger partial charge in [0.1, 0.15) is 5.78 Å². The Hall–Kier alpha value is -1.82. The normalized spacial score (nSPS) is 11.0. The smallest absolute Gasteiger partial charge is 0.262 e. The average molecular weight is 407 g/mol. The molecule has 0 amide bonds. The first kappa shape index (κ1) is 19.0. The molecule has 134 valence electrons. The Labute approximate surface area is 165 Å². The van der Waals surface area contributed by atoms with Crippen LogP contribution in [-0.4, -0.2) is 21.1 Å². The van der Waals surface area contributed by atoms with E-state index in [1.54, 1.807) is 28.8 Å². The summed E-state index contributed by atoms with van der Waals surface area (Å²) in [7, 11) is 0. The van der Waals surface area contributed by atoms with Crippen LogP contribution in [0, 0.1) is 0 Å². The number of fused-ring (bicyclic) bond motifs is 1. The molecule has 0 radical (unpaired) electrons. The van der Waals surface area contributed by atoms with Gasteiger partial charge < -0.3 is 0 Å². The van der Waals surface area contributed by atoms with Crippen LogP contribution in [0.15, 0.2) is 52.4 Å². The molecule has 0 aliphatic rings. The van der Waals surface area contributed by atoms with Crippen molar-refractivity contribution in [3.8, 4) is 0 Å². The molecule has 3 aromatic rings.